The van der Waals surface area contributed by atoms with Gasteiger partial charge >= 0.3 is 6.09 Å². The van der Waals surface area contributed by atoms with E-state index >= 15 is 0 Å². The predicted molar refractivity (Wildman–Crippen MR) is 82.1 cm³/mol. The average molecular weight is 303 g/mol. The van der Waals surface area contributed by atoms with E-state index in [1.54, 1.807) is 13.8 Å². The summed E-state index contributed by atoms with van der Waals surface area (Å²) in [5.41, 5.74) is 1.52. The Kier molecular flexibility index (Phi) is 4.98. The summed E-state index contributed by atoms with van der Waals surface area (Å²) in [4.78, 5) is 25.5. The van der Waals surface area contributed by atoms with Gasteiger partial charge in [0.05, 0.1) is 18.1 Å². The molecule has 1 aromatic rings. The fourth-order valence-electron chi connectivity index (χ4n) is 2.55. The molecule has 1 aliphatic rings. The van der Waals surface area contributed by atoms with Crippen molar-refractivity contribution in [1.82, 2.24) is 4.90 Å². The van der Waals surface area contributed by atoms with Crippen LogP contribution in [0.1, 0.15) is 19.4 Å². The van der Waals surface area contributed by atoms with E-state index in [9.17, 15) is 14.7 Å². The first-order valence-electron chi connectivity index (χ1n) is 7.29. The zero-order valence-corrected chi connectivity index (χ0v) is 12.9. The van der Waals surface area contributed by atoms with E-state index in [1.807, 2.05) is 30.3 Å². The number of amides is 2. The fourth-order valence-corrected chi connectivity index (χ4v) is 2.55. The predicted octanol–water partition coefficient (Wildman–Crippen LogP) is 2.15. The van der Waals surface area contributed by atoms with Gasteiger partial charge in [-0.1, -0.05) is 49.4 Å². The van der Waals surface area contributed by atoms with Crippen LogP contribution in [-0.2, 0) is 16.0 Å². The SMILES string of the molecule is C=C(C)[C@@H](O)[C@@H](C)C(=O)N1C(=O)OC[C@@H]1Cc1ccccc1. The molecule has 0 spiro atoms. The van der Waals surface area contributed by atoms with Crippen LogP contribution in [0.2, 0.25) is 0 Å². The van der Waals surface area contributed by atoms with Gasteiger partial charge < -0.3 is 9.84 Å². The highest BCUT2D eigenvalue weighted by atomic mass is 16.6. The van der Waals surface area contributed by atoms with Gasteiger partial charge in [-0.15, -0.1) is 0 Å². The van der Waals surface area contributed by atoms with Crippen LogP contribution < -0.4 is 0 Å². The quantitative estimate of drug-likeness (QED) is 0.846. The molecule has 5 nitrogen and oxygen atoms in total. The molecule has 1 aromatic carbocycles. The third kappa shape index (κ3) is 3.36. The number of rotatable bonds is 5. The van der Waals surface area contributed by atoms with Gasteiger partial charge in [-0.3, -0.25) is 4.79 Å². The Bertz CT molecular complexity index is 569. The summed E-state index contributed by atoms with van der Waals surface area (Å²) >= 11 is 0. The third-order valence-corrected chi connectivity index (χ3v) is 3.88. The summed E-state index contributed by atoms with van der Waals surface area (Å²) in [5, 5.41) is 9.99. The maximum Gasteiger partial charge on any atom is 0.416 e. The first kappa shape index (κ1) is 16.2. The molecule has 0 bridgehead atoms. The van der Waals surface area contributed by atoms with Crippen molar-refractivity contribution in [3.8, 4) is 0 Å². The molecule has 1 heterocycles. The molecule has 118 valence electrons. The van der Waals surface area contributed by atoms with Crippen molar-refractivity contribution in [1.29, 1.82) is 0 Å². The van der Waals surface area contributed by atoms with E-state index in [-0.39, 0.29) is 12.6 Å². The van der Waals surface area contributed by atoms with Gasteiger partial charge in [0.2, 0.25) is 5.91 Å². The molecule has 0 aliphatic carbocycles. The van der Waals surface area contributed by atoms with Crippen LogP contribution >= 0.6 is 0 Å². The minimum Gasteiger partial charge on any atom is -0.447 e. The van der Waals surface area contributed by atoms with Crippen LogP contribution in [0.3, 0.4) is 0 Å². The van der Waals surface area contributed by atoms with Crippen molar-refractivity contribution in [2.24, 2.45) is 5.92 Å². The fraction of sp³-hybridized carbons (Fsp3) is 0.412. The Balaban J connectivity index is 2.14. The number of benzene rings is 1. The monoisotopic (exact) mass is 303 g/mol. The summed E-state index contributed by atoms with van der Waals surface area (Å²) in [6.45, 7) is 7.07. The highest BCUT2D eigenvalue weighted by molar-refractivity contribution is 5.95. The van der Waals surface area contributed by atoms with Crippen molar-refractivity contribution in [2.45, 2.75) is 32.4 Å². The van der Waals surface area contributed by atoms with Gasteiger partial charge in [-0.2, -0.15) is 0 Å². The zero-order valence-electron chi connectivity index (χ0n) is 12.9. The molecule has 1 saturated heterocycles. The van der Waals surface area contributed by atoms with Gasteiger partial charge in [-0.25, -0.2) is 9.69 Å². The van der Waals surface area contributed by atoms with Gasteiger partial charge in [0.1, 0.15) is 6.61 Å². The molecule has 3 atom stereocenters. The maximum atomic E-state index is 12.5. The zero-order chi connectivity index (χ0) is 16.3. The summed E-state index contributed by atoms with van der Waals surface area (Å²) in [7, 11) is 0. The number of aliphatic hydroxyl groups is 1. The Labute approximate surface area is 130 Å². The average Bonchev–Trinajstić information content (AvgIpc) is 2.86. The molecular formula is C17H21NO4. The van der Waals surface area contributed by atoms with Crippen LogP contribution in [0.4, 0.5) is 4.79 Å². The number of hydrogen-bond acceptors (Lipinski definition) is 4. The molecule has 0 unspecified atom stereocenters. The standard InChI is InChI=1S/C17H21NO4/c1-11(2)15(19)12(3)16(20)18-14(10-22-17(18)21)9-13-7-5-4-6-8-13/h4-8,12,14-15,19H,1,9-10H2,2-3H3/t12-,14+,15-/m1/s1. The van der Waals surface area contributed by atoms with E-state index in [1.165, 1.54) is 0 Å². The normalized spacial score (nSPS) is 20.4. The van der Waals surface area contributed by atoms with Gasteiger partial charge in [-0.05, 0) is 18.9 Å². The topological polar surface area (TPSA) is 66.8 Å². The lowest BCUT2D eigenvalue weighted by atomic mass is 9.97. The van der Waals surface area contributed by atoms with Crippen molar-refractivity contribution in [2.75, 3.05) is 6.61 Å². The van der Waals surface area contributed by atoms with Crippen LogP contribution in [0.5, 0.6) is 0 Å². The van der Waals surface area contributed by atoms with Gasteiger partial charge in [0.15, 0.2) is 0 Å². The molecule has 22 heavy (non-hydrogen) atoms. The highest BCUT2D eigenvalue weighted by Crippen LogP contribution is 2.22. The number of carbonyl (C=O) groups is 2. The van der Waals surface area contributed by atoms with Gasteiger partial charge in [0, 0.05) is 0 Å². The highest BCUT2D eigenvalue weighted by Gasteiger charge is 2.41. The van der Waals surface area contributed by atoms with Crippen molar-refractivity contribution in [3.63, 3.8) is 0 Å². The minimum absolute atomic E-state index is 0.176. The number of aliphatic hydroxyl groups excluding tert-OH is 1. The first-order valence-corrected chi connectivity index (χ1v) is 7.29. The summed E-state index contributed by atoms with van der Waals surface area (Å²) < 4.78 is 5.02. The second-order valence-corrected chi connectivity index (χ2v) is 5.71. The Morgan fingerprint density at radius 2 is 2.09 bits per heavy atom. The largest absolute Gasteiger partial charge is 0.447 e. The smallest absolute Gasteiger partial charge is 0.416 e. The van der Waals surface area contributed by atoms with E-state index in [4.69, 9.17) is 4.74 Å². The summed E-state index contributed by atoms with van der Waals surface area (Å²) in [5.74, 6) is -1.17. The van der Waals surface area contributed by atoms with Crippen molar-refractivity contribution < 1.29 is 19.4 Å². The number of imide groups is 1. The number of nitrogens with zero attached hydrogens (tertiary/aromatic N) is 1. The van der Waals surface area contributed by atoms with Crippen LogP contribution in [-0.4, -0.2) is 40.8 Å². The maximum absolute atomic E-state index is 12.5. The second kappa shape index (κ2) is 6.75. The first-order chi connectivity index (χ1) is 10.4. The third-order valence-electron chi connectivity index (χ3n) is 3.88. The molecule has 2 amide bonds. The molecular weight excluding hydrogens is 282 g/mol. The molecule has 0 saturated carbocycles. The van der Waals surface area contributed by atoms with Gasteiger partial charge in [0.25, 0.3) is 0 Å². The van der Waals surface area contributed by atoms with Crippen molar-refractivity contribution >= 4 is 12.0 Å². The van der Waals surface area contributed by atoms with Crippen LogP contribution in [0, 0.1) is 5.92 Å². The molecule has 1 aliphatic heterocycles. The number of carbonyl (C=O) groups excluding carboxylic acids is 2. The number of ether oxygens (including phenoxy) is 1. The minimum atomic E-state index is -0.974. The molecule has 1 fully saturated rings. The molecule has 0 aromatic heterocycles. The van der Waals surface area contributed by atoms with E-state index in [0.29, 0.717) is 12.0 Å². The molecule has 5 heteroatoms. The lowest BCUT2D eigenvalue weighted by Crippen LogP contribution is -2.45. The lowest BCUT2D eigenvalue weighted by Gasteiger charge is -2.25. The molecule has 2 rings (SSSR count). The lowest BCUT2D eigenvalue weighted by molar-refractivity contribution is -0.135. The van der Waals surface area contributed by atoms with E-state index in [0.717, 1.165) is 10.5 Å². The van der Waals surface area contributed by atoms with Crippen molar-refractivity contribution in [3.05, 3.63) is 48.0 Å². The van der Waals surface area contributed by atoms with Crippen LogP contribution in [0.15, 0.2) is 42.5 Å². The van der Waals surface area contributed by atoms with E-state index < -0.39 is 24.0 Å². The molecule has 1 N–H and O–H groups in total. The Morgan fingerprint density at radius 1 is 1.45 bits per heavy atom. The van der Waals surface area contributed by atoms with Crippen LogP contribution in [0.25, 0.3) is 0 Å². The molecule has 0 radical (unpaired) electrons. The number of hydrogen-bond donors (Lipinski definition) is 1. The Morgan fingerprint density at radius 3 is 2.68 bits per heavy atom. The van der Waals surface area contributed by atoms with E-state index in [2.05, 4.69) is 6.58 Å². The summed E-state index contributed by atoms with van der Waals surface area (Å²) in [6, 6.07) is 9.27. The number of cyclic esters (lactones) is 1. The summed E-state index contributed by atoms with van der Waals surface area (Å²) in [6.07, 6.45) is -1.08. The Hall–Kier alpha value is -2.14. The second-order valence-electron chi connectivity index (χ2n) is 5.71.